The average molecular weight is 661 g/mol. The number of nitrogens with zero attached hydrogens (tertiary/aromatic N) is 5. The van der Waals surface area contributed by atoms with Gasteiger partial charge >= 0.3 is 0 Å². The molecule has 0 amide bonds. The molecule has 1 saturated heterocycles. The maximum atomic E-state index is 14.7. The maximum absolute atomic E-state index is 14.7. The van der Waals surface area contributed by atoms with Crippen LogP contribution >= 0.6 is 0 Å². The Morgan fingerprint density at radius 3 is 2.41 bits per heavy atom. The lowest BCUT2D eigenvalue weighted by Crippen LogP contribution is -2.39. The first-order chi connectivity index (χ1) is 22.2. The summed E-state index contributed by atoms with van der Waals surface area (Å²) in [6, 6.07) is 3.59. The Morgan fingerprint density at radius 1 is 0.957 bits per heavy atom. The number of sulfonamides is 1. The van der Waals surface area contributed by atoms with E-state index in [9.17, 15) is 17.2 Å². The summed E-state index contributed by atoms with van der Waals surface area (Å²) in [5.41, 5.74) is 1.37. The summed E-state index contributed by atoms with van der Waals surface area (Å²) in [4.78, 5) is 16.7. The van der Waals surface area contributed by atoms with E-state index in [1.54, 1.807) is 6.20 Å². The summed E-state index contributed by atoms with van der Waals surface area (Å²) in [6.07, 6.45) is 13.6. The lowest BCUT2D eigenvalue weighted by molar-refractivity contribution is 0.0587. The number of hydrogen-bond donors (Lipinski definition) is 3. The number of halogens is 2. The zero-order valence-electron chi connectivity index (χ0n) is 26.6. The topological polar surface area (TPSA) is 126 Å². The molecule has 6 rings (SSSR count). The van der Waals surface area contributed by atoms with Crippen LogP contribution in [0.4, 0.5) is 26.4 Å². The van der Waals surface area contributed by atoms with E-state index in [-0.39, 0.29) is 23.8 Å². The predicted octanol–water partition coefficient (Wildman–Crippen LogP) is 5.35. The van der Waals surface area contributed by atoms with E-state index in [1.165, 1.54) is 50.7 Å². The highest BCUT2D eigenvalue weighted by Crippen LogP contribution is 2.37. The monoisotopic (exact) mass is 660 g/mol. The van der Waals surface area contributed by atoms with Gasteiger partial charge in [0.1, 0.15) is 17.2 Å². The Bertz CT molecular complexity index is 1570. The highest BCUT2D eigenvalue weighted by Gasteiger charge is 2.28. The predicted molar refractivity (Wildman–Crippen MR) is 175 cm³/mol. The zero-order valence-corrected chi connectivity index (χ0v) is 27.4. The van der Waals surface area contributed by atoms with Crippen LogP contribution in [0.3, 0.4) is 0 Å². The number of rotatable bonds is 12. The van der Waals surface area contributed by atoms with Crippen molar-refractivity contribution < 1.29 is 21.9 Å². The molecule has 2 aromatic heterocycles. The molecule has 0 bridgehead atoms. The second-order valence-electron chi connectivity index (χ2n) is 13.2. The second-order valence-corrected chi connectivity index (χ2v) is 15.0. The van der Waals surface area contributed by atoms with Gasteiger partial charge in [-0.3, -0.25) is 4.57 Å². The Balaban J connectivity index is 1.14. The molecule has 46 heavy (non-hydrogen) atoms. The summed E-state index contributed by atoms with van der Waals surface area (Å²) in [5, 5.41) is 6.54. The second kappa shape index (κ2) is 14.9. The molecule has 0 unspecified atom stereocenters. The molecule has 2 saturated carbocycles. The molecular weight excluding hydrogens is 614 g/mol. The summed E-state index contributed by atoms with van der Waals surface area (Å²) in [6.45, 7) is 4.88. The lowest BCUT2D eigenvalue weighted by Gasteiger charge is -2.31. The molecule has 0 atom stereocenters. The van der Waals surface area contributed by atoms with Crippen LogP contribution in [0.5, 0.6) is 0 Å². The summed E-state index contributed by atoms with van der Waals surface area (Å²) in [5.74, 6) is 0.0655. The van der Waals surface area contributed by atoms with Gasteiger partial charge in [0.2, 0.25) is 21.9 Å². The largest absolute Gasteiger partial charge is 0.380 e. The van der Waals surface area contributed by atoms with Gasteiger partial charge in [-0.1, -0.05) is 6.42 Å². The van der Waals surface area contributed by atoms with Gasteiger partial charge in [-0.05, 0) is 95.3 Å². The van der Waals surface area contributed by atoms with Crippen LogP contribution < -0.4 is 15.4 Å². The summed E-state index contributed by atoms with van der Waals surface area (Å²) < 4.78 is 62.5. The number of ether oxygens (including phenoxy) is 1. The first-order valence-corrected chi connectivity index (χ1v) is 18.6. The van der Waals surface area contributed by atoms with Gasteiger partial charge in [-0.15, -0.1) is 0 Å². The molecule has 0 spiro atoms. The molecule has 1 aromatic carbocycles. The number of imidazole rings is 1. The maximum Gasteiger partial charge on any atom is 0.224 e. The van der Waals surface area contributed by atoms with E-state index in [0.717, 1.165) is 77.2 Å². The highest BCUT2D eigenvalue weighted by molar-refractivity contribution is 7.88. The van der Waals surface area contributed by atoms with Gasteiger partial charge in [0, 0.05) is 37.3 Å². The zero-order chi connectivity index (χ0) is 32.1. The van der Waals surface area contributed by atoms with Gasteiger partial charge in [0.15, 0.2) is 5.65 Å². The van der Waals surface area contributed by atoms with Gasteiger partial charge in [0.25, 0.3) is 0 Å². The Morgan fingerprint density at radius 2 is 1.70 bits per heavy atom. The van der Waals surface area contributed by atoms with Crippen molar-refractivity contribution in [2.45, 2.75) is 88.8 Å². The van der Waals surface area contributed by atoms with Crippen LogP contribution in [0, 0.1) is 17.6 Å². The van der Waals surface area contributed by atoms with E-state index in [1.807, 2.05) is 4.57 Å². The van der Waals surface area contributed by atoms with Crippen molar-refractivity contribution in [3.8, 4) is 0 Å². The van der Waals surface area contributed by atoms with E-state index in [2.05, 4.69) is 25.2 Å². The lowest BCUT2D eigenvalue weighted by atomic mass is 9.86. The molecule has 0 radical (unpaired) electrons. The van der Waals surface area contributed by atoms with Gasteiger partial charge in [0.05, 0.1) is 24.7 Å². The van der Waals surface area contributed by atoms with Crippen molar-refractivity contribution in [2.24, 2.45) is 5.92 Å². The molecule has 14 heteroatoms. The fourth-order valence-corrected chi connectivity index (χ4v) is 7.98. The van der Waals surface area contributed by atoms with Gasteiger partial charge < -0.3 is 20.3 Å². The molecule has 3 aliphatic rings. The molecule has 3 aromatic rings. The third-order valence-corrected chi connectivity index (χ3v) is 10.3. The van der Waals surface area contributed by atoms with E-state index >= 15 is 0 Å². The highest BCUT2D eigenvalue weighted by atomic mass is 32.2. The third kappa shape index (κ3) is 8.69. The summed E-state index contributed by atoms with van der Waals surface area (Å²) >= 11 is 0. The van der Waals surface area contributed by atoms with Gasteiger partial charge in [-0.2, -0.15) is 4.98 Å². The molecule has 3 N–H and O–H groups in total. The van der Waals surface area contributed by atoms with Gasteiger partial charge in [-0.25, -0.2) is 31.9 Å². The molecule has 252 valence electrons. The Hall–Kier alpha value is -2.94. The minimum Gasteiger partial charge on any atom is -0.380 e. The number of anilines is 3. The molecule has 11 nitrogen and oxygen atoms in total. The molecule has 3 heterocycles. The first-order valence-electron chi connectivity index (χ1n) is 16.7. The smallest absolute Gasteiger partial charge is 0.224 e. The Labute approximate surface area is 270 Å². The van der Waals surface area contributed by atoms with Crippen molar-refractivity contribution in [3.63, 3.8) is 0 Å². The van der Waals surface area contributed by atoms with Crippen LogP contribution in [0.2, 0.25) is 0 Å². The first kappa shape index (κ1) is 33.0. The van der Waals surface area contributed by atoms with Crippen LogP contribution in [-0.4, -0.2) is 84.0 Å². The number of benzene rings is 1. The number of hydrogen-bond acceptors (Lipinski definition) is 9. The summed E-state index contributed by atoms with van der Waals surface area (Å²) in [7, 11) is -3.24. The molecule has 1 aliphatic heterocycles. The third-order valence-electron chi connectivity index (χ3n) is 9.59. The van der Waals surface area contributed by atoms with E-state index < -0.39 is 21.7 Å². The minimum atomic E-state index is -3.24. The van der Waals surface area contributed by atoms with Crippen LogP contribution in [-0.2, 0) is 14.8 Å². The van der Waals surface area contributed by atoms with Crippen molar-refractivity contribution in [2.75, 3.05) is 49.7 Å². The minimum absolute atomic E-state index is 0.0615. The number of fused-ring (bicyclic) bond motifs is 1. The quantitative estimate of drug-likeness (QED) is 0.220. The van der Waals surface area contributed by atoms with Crippen molar-refractivity contribution in [1.82, 2.24) is 29.1 Å². The number of aromatic nitrogens is 4. The van der Waals surface area contributed by atoms with Crippen molar-refractivity contribution >= 4 is 38.8 Å². The van der Waals surface area contributed by atoms with Crippen molar-refractivity contribution in [3.05, 3.63) is 36.0 Å². The fraction of sp³-hybridized carbons (Fsp3) is 0.656. The van der Waals surface area contributed by atoms with E-state index in [0.29, 0.717) is 29.0 Å². The Kier molecular flexibility index (Phi) is 10.7. The molecular formula is C32H46F2N8O3S. The average Bonchev–Trinajstić information content (AvgIpc) is 3.39. The van der Waals surface area contributed by atoms with Crippen LogP contribution in [0.1, 0.15) is 76.7 Å². The standard InChI is InChI=1S/C32H46F2N8O3S/c1-46(43,44)40-25-10-8-24(9-11-25)36-31-35-20-29-30(39-31)42(32(38-29)37-28-14-7-23(33)19-27(28)34)26-12-5-22(6-13-26)21-45-18-17-41-15-3-2-4-16-41/h7,14,19-20,22,24-26,40H,2-6,8-13,15-18,21H2,1H3,(H,37,38)(H,35,36,39). The number of piperidine rings is 1. The molecule has 2 aliphatic carbocycles. The van der Waals surface area contributed by atoms with Crippen molar-refractivity contribution in [1.29, 1.82) is 0 Å². The number of nitrogens with one attached hydrogen (secondary N) is 3. The van der Waals surface area contributed by atoms with Crippen LogP contribution in [0.15, 0.2) is 24.4 Å². The number of likely N-dealkylation sites (tertiary alicyclic amines) is 1. The fourth-order valence-electron chi connectivity index (χ4n) is 7.14. The van der Waals surface area contributed by atoms with Crippen LogP contribution in [0.25, 0.3) is 11.2 Å². The normalized spacial score (nSPS) is 24.7. The molecule has 3 fully saturated rings. The SMILES string of the molecule is CS(=O)(=O)NC1CCC(Nc2ncc3nc(Nc4ccc(F)cc4F)n(C4CCC(COCCN5CCCCC5)CC4)c3n2)CC1. The van der Waals surface area contributed by atoms with E-state index in [4.69, 9.17) is 14.7 Å².